The van der Waals surface area contributed by atoms with Crippen LogP contribution in [0.1, 0.15) is 43.7 Å². The third-order valence-corrected chi connectivity index (χ3v) is 4.28. The van der Waals surface area contributed by atoms with E-state index in [0.29, 0.717) is 25.8 Å². The molecular formula is C13H18N2O3S. The van der Waals surface area contributed by atoms with E-state index in [4.69, 9.17) is 0 Å². The molecule has 2 heterocycles. The van der Waals surface area contributed by atoms with Crippen molar-refractivity contribution >= 4 is 23.2 Å². The predicted molar refractivity (Wildman–Crippen MR) is 71.8 cm³/mol. The highest BCUT2D eigenvalue weighted by atomic mass is 32.1. The van der Waals surface area contributed by atoms with Crippen LogP contribution in [0, 0.1) is 5.92 Å². The summed E-state index contributed by atoms with van der Waals surface area (Å²) in [5.74, 6) is -1.34. The van der Waals surface area contributed by atoms with Crippen molar-refractivity contribution in [3.8, 4) is 0 Å². The SMILES string of the molecule is CCCN1C(=O)CCCC(C(=O)O)C1c1nccs1. The summed E-state index contributed by atoms with van der Waals surface area (Å²) < 4.78 is 0. The number of rotatable bonds is 4. The third kappa shape index (κ3) is 2.94. The third-order valence-electron chi connectivity index (χ3n) is 3.43. The van der Waals surface area contributed by atoms with Gasteiger partial charge < -0.3 is 10.0 Å². The molecule has 0 spiro atoms. The zero-order valence-electron chi connectivity index (χ0n) is 10.9. The second-order valence-electron chi connectivity index (χ2n) is 4.74. The van der Waals surface area contributed by atoms with Crippen LogP contribution in [0.2, 0.25) is 0 Å². The van der Waals surface area contributed by atoms with E-state index in [9.17, 15) is 14.7 Å². The zero-order valence-corrected chi connectivity index (χ0v) is 11.7. The minimum Gasteiger partial charge on any atom is -0.481 e. The van der Waals surface area contributed by atoms with E-state index in [1.165, 1.54) is 11.3 Å². The van der Waals surface area contributed by atoms with Crippen molar-refractivity contribution in [1.82, 2.24) is 9.88 Å². The summed E-state index contributed by atoms with van der Waals surface area (Å²) in [6.07, 6.45) is 4.09. The molecule has 1 aliphatic heterocycles. The molecule has 0 bridgehead atoms. The van der Waals surface area contributed by atoms with E-state index in [1.54, 1.807) is 11.1 Å². The van der Waals surface area contributed by atoms with Gasteiger partial charge in [0.1, 0.15) is 5.01 Å². The van der Waals surface area contributed by atoms with Gasteiger partial charge in [0, 0.05) is 24.5 Å². The van der Waals surface area contributed by atoms with Gasteiger partial charge in [-0.25, -0.2) is 4.98 Å². The standard InChI is InChI=1S/C13H18N2O3S/c1-2-7-15-10(16)5-3-4-9(13(17)18)11(15)12-14-6-8-19-12/h6,8-9,11H,2-5,7H2,1H3,(H,17,18). The van der Waals surface area contributed by atoms with Gasteiger partial charge in [-0.3, -0.25) is 9.59 Å². The largest absolute Gasteiger partial charge is 0.481 e. The first-order valence-corrected chi connectivity index (χ1v) is 7.44. The Morgan fingerprint density at radius 1 is 1.63 bits per heavy atom. The van der Waals surface area contributed by atoms with E-state index < -0.39 is 17.9 Å². The number of thiazole rings is 1. The molecule has 19 heavy (non-hydrogen) atoms. The van der Waals surface area contributed by atoms with Crippen molar-refractivity contribution in [2.45, 2.75) is 38.6 Å². The molecule has 5 nitrogen and oxygen atoms in total. The van der Waals surface area contributed by atoms with Crippen LogP contribution in [0.3, 0.4) is 0 Å². The van der Waals surface area contributed by atoms with Crippen LogP contribution in [0.5, 0.6) is 0 Å². The van der Waals surface area contributed by atoms with Crippen molar-refractivity contribution in [3.63, 3.8) is 0 Å². The predicted octanol–water partition coefficient (Wildman–Crippen LogP) is 2.31. The highest BCUT2D eigenvalue weighted by Crippen LogP contribution is 2.36. The van der Waals surface area contributed by atoms with Gasteiger partial charge in [-0.2, -0.15) is 0 Å². The quantitative estimate of drug-likeness (QED) is 0.920. The molecule has 0 aliphatic carbocycles. The smallest absolute Gasteiger partial charge is 0.309 e. The topological polar surface area (TPSA) is 70.5 Å². The van der Waals surface area contributed by atoms with E-state index in [0.717, 1.165) is 11.4 Å². The Kier molecular flexibility index (Phi) is 4.52. The minimum absolute atomic E-state index is 0.0470. The lowest BCUT2D eigenvalue weighted by Gasteiger charge is -2.31. The van der Waals surface area contributed by atoms with Crippen LogP contribution in [0.15, 0.2) is 11.6 Å². The number of carbonyl (C=O) groups is 2. The lowest BCUT2D eigenvalue weighted by Crippen LogP contribution is -2.39. The number of hydrogen-bond acceptors (Lipinski definition) is 4. The van der Waals surface area contributed by atoms with Crippen LogP contribution in [0.4, 0.5) is 0 Å². The number of aliphatic carboxylic acids is 1. The van der Waals surface area contributed by atoms with Crippen molar-refractivity contribution in [2.75, 3.05) is 6.54 Å². The molecule has 2 atom stereocenters. The summed E-state index contributed by atoms with van der Waals surface area (Å²) in [5.41, 5.74) is 0. The highest BCUT2D eigenvalue weighted by molar-refractivity contribution is 7.09. The van der Waals surface area contributed by atoms with E-state index in [2.05, 4.69) is 4.98 Å². The molecule has 1 N–H and O–H groups in total. The number of hydrogen-bond donors (Lipinski definition) is 1. The Bertz CT molecular complexity index is 447. The molecule has 0 aromatic carbocycles. The average molecular weight is 282 g/mol. The molecule has 1 fully saturated rings. The molecule has 2 unspecified atom stereocenters. The van der Waals surface area contributed by atoms with Gasteiger partial charge in [0.15, 0.2) is 0 Å². The summed E-state index contributed by atoms with van der Waals surface area (Å²) in [5, 5.41) is 12.0. The number of carboxylic acids is 1. The molecule has 2 rings (SSSR count). The number of carbonyl (C=O) groups excluding carboxylic acids is 1. The van der Waals surface area contributed by atoms with E-state index in [1.807, 2.05) is 12.3 Å². The summed E-state index contributed by atoms with van der Waals surface area (Å²) in [6.45, 7) is 2.58. The molecule has 104 valence electrons. The molecule has 1 aliphatic rings. The van der Waals surface area contributed by atoms with E-state index >= 15 is 0 Å². The van der Waals surface area contributed by atoms with Gasteiger partial charge >= 0.3 is 5.97 Å². The first-order chi connectivity index (χ1) is 9.15. The van der Waals surface area contributed by atoms with Crippen LogP contribution in [-0.4, -0.2) is 33.4 Å². The lowest BCUT2D eigenvalue weighted by atomic mass is 9.95. The Morgan fingerprint density at radius 3 is 3.00 bits per heavy atom. The monoisotopic (exact) mass is 282 g/mol. The molecule has 6 heteroatoms. The number of nitrogens with zero attached hydrogens (tertiary/aromatic N) is 2. The van der Waals surface area contributed by atoms with Gasteiger partial charge in [-0.1, -0.05) is 6.92 Å². The Hall–Kier alpha value is -1.43. The molecule has 1 saturated heterocycles. The van der Waals surface area contributed by atoms with Gasteiger partial charge in [0.25, 0.3) is 0 Å². The van der Waals surface area contributed by atoms with Crippen molar-refractivity contribution in [2.24, 2.45) is 5.92 Å². The molecule has 0 saturated carbocycles. The van der Waals surface area contributed by atoms with E-state index in [-0.39, 0.29) is 5.91 Å². The first-order valence-electron chi connectivity index (χ1n) is 6.56. The van der Waals surface area contributed by atoms with Gasteiger partial charge in [-0.05, 0) is 19.3 Å². The highest BCUT2D eigenvalue weighted by Gasteiger charge is 2.39. The van der Waals surface area contributed by atoms with Gasteiger partial charge in [0.05, 0.1) is 12.0 Å². The fourth-order valence-electron chi connectivity index (χ4n) is 2.60. The number of likely N-dealkylation sites (tertiary alicyclic amines) is 1. The molecule has 1 aromatic rings. The summed E-state index contributed by atoms with van der Waals surface area (Å²) >= 11 is 1.42. The minimum atomic E-state index is -0.837. The average Bonchev–Trinajstić information content (AvgIpc) is 2.84. The van der Waals surface area contributed by atoms with Gasteiger partial charge in [0.2, 0.25) is 5.91 Å². The number of carboxylic acid groups (broad SMARTS) is 1. The lowest BCUT2D eigenvalue weighted by molar-refractivity contribution is -0.146. The van der Waals surface area contributed by atoms with Gasteiger partial charge in [-0.15, -0.1) is 11.3 Å². The van der Waals surface area contributed by atoms with Crippen LogP contribution >= 0.6 is 11.3 Å². The fraction of sp³-hybridized carbons (Fsp3) is 0.615. The summed E-state index contributed by atoms with van der Waals surface area (Å²) in [4.78, 5) is 29.7. The summed E-state index contributed by atoms with van der Waals surface area (Å²) in [6, 6.07) is -0.410. The van der Waals surface area contributed by atoms with Crippen LogP contribution in [0.25, 0.3) is 0 Å². The van der Waals surface area contributed by atoms with Crippen molar-refractivity contribution < 1.29 is 14.7 Å². The Labute approximate surface area is 116 Å². The summed E-state index contributed by atoms with van der Waals surface area (Å²) in [7, 11) is 0. The fourth-order valence-corrected chi connectivity index (χ4v) is 3.41. The van der Waals surface area contributed by atoms with Crippen LogP contribution in [-0.2, 0) is 9.59 Å². The Balaban J connectivity index is 2.39. The Morgan fingerprint density at radius 2 is 2.42 bits per heavy atom. The zero-order chi connectivity index (χ0) is 13.8. The molecule has 0 radical (unpaired) electrons. The normalized spacial score (nSPS) is 24.3. The molecule has 1 aromatic heterocycles. The van der Waals surface area contributed by atoms with Crippen molar-refractivity contribution in [3.05, 3.63) is 16.6 Å². The number of amides is 1. The first kappa shape index (κ1) is 14.0. The van der Waals surface area contributed by atoms with Crippen LogP contribution < -0.4 is 0 Å². The second-order valence-corrected chi connectivity index (χ2v) is 5.67. The van der Waals surface area contributed by atoms with Crippen molar-refractivity contribution in [1.29, 1.82) is 0 Å². The molecular weight excluding hydrogens is 264 g/mol. The maximum atomic E-state index is 12.2. The maximum Gasteiger partial charge on any atom is 0.309 e. The molecule has 1 amide bonds. The number of aromatic nitrogens is 1. The second kappa shape index (κ2) is 6.14. The maximum absolute atomic E-state index is 12.2.